The van der Waals surface area contributed by atoms with Gasteiger partial charge in [0.25, 0.3) is 0 Å². The van der Waals surface area contributed by atoms with E-state index in [0.29, 0.717) is 36.0 Å². The molecule has 0 saturated carbocycles. The van der Waals surface area contributed by atoms with Crippen LogP contribution < -0.4 is 10.1 Å². The second-order valence-electron chi connectivity index (χ2n) is 3.53. The standard InChI is InChI=1S/C12H15Cl2NO2/c1-17-11-5-4-10(14)7-9(11)8-15-12(16)3-2-6-13/h4-5,7H,2-3,6,8H2,1H3,(H,15,16). The summed E-state index contributed by atoms with van der Waals surface area (Å²) in [5, 5.41) is 3.42. The molecule has 1 aromatic carbocycles. The van der Waals surface area contributed by atoms with Gasteiger partial charge in [-0.3, -0.25) is 4.79 Å². The predicted octanol–water partition coefficient (Wildman–Crippen LogP) is 2.98. The molecule has 0 unspecified atom stereocenters. The van der Waals surface area contributed by atoms with Gasteiger partial charge in [-0.25, -0.2) is 0 Å². The van der Waals surface area contributed by atoms with E-state index in [1.807, 2.05) is 0 Å². The molecule has 5 heteroatoms. The van der Waals surface area contributed by atoms with E-state index < -0.39 is 0 Å². The van der Waals surface area contributed by atoms with E-state index in [9.17, 15) is 4.79 Å². The number of hydrogen-bond acceptors (Lipinski definition) is 2. The molecular formula is C12H15Cl2NO2. The SMILES string of the molecule is COc1ccc(Cl)cc1CNC(=O)CCCCl. The smallest absolute Gasteiger partial charge is 0.220 e. The van der Waals surface area contributed by atoms with E-state index in [4.69, 9.17) is 27.9 Å². The number of halogens is 2. The van der Waals surface area contributed by atoms with Gasteiger partial charge in [-0.2, -0.15) is 0 Å². The normalized spacial score (nSPS) is 10.1. The zero-order chi connectivity index (χ0) is 12.7. The quantitative estimate of drug-likeness (QED) is 0.811. The van der Waals surface area contributed by atoms with Gasteiger partial charge < -0.3 is 10.1 Å². The van der Waals surface area contributed by atoms with Crippen LogP contribution in [0.2, 0.25) is 5.02 Å². The number of alkyl halides is 1. The van der Waals surface area contributed by atoms with Crippen molar-refractivity contribution in [2.45, 2.75) is 19.4 Å². The first-order valence-electron chi connectivity index (χ1n) is 5.32. The summed E-state index contributed by atoms with van der Waals surface area (Å²) in [4.78, 5) is 11.4. The Bertz CT molecular complexity index is 383. The molecule has 0 aliphatic heterocycles. The number of carbonyl (C=O) groups is 1. The second-order valence-corrected chi connectivity index (χ2v) is 4.34. The molecule has 94 valence electrons. The van der Waals surface area contributed by atoms with Crippen LogP contribution in [0.15, 0.2) is 18.2 Å². The molecule has 17 heavy (non-hydrogen) atoms. The maximum absolute atomic E-state index is 11.4. The molecule has 0 aromatic heterocycles. The van der Waals surface area contributed by atoms with Crippen LogP contribution >= 0.6 is 23.2 Å². The van der Waals surface area contributed by atoms with Crippen LogP contribution in [-0.2, 0) is 11.3 Å². The van der Waals surface area contributed by atoms with Gasteiger partial charge in [-0.15, -0.1) is 11.6 Å². The van der Waals surface area contributed by atoms with Crippen LogP contribution in [0, 0.1) is 0 Å². The second kappa shape index (κ2) is 7.41. The zero-order valence-electron chi connectivity index (χ0n) is 9.63. The van der Waals surface area contributed by atoms with Crippen LogP contribution in [0.1, 0.15) is 18.4 Å². The summed E-state index contributed by atoms with van der Waals surface area (Å²) in [6.07, 6.45) is 1.12. The summed E-state index contributed by atoms with van der Waals surface area (Å²) in [5.41, 5.74) is 0.860. The molecular weight excluding hydrogens is 261 g/mol. The van der Waals surface area contributed by atoms with Crippen molar-refractivity contribution in [3.05, 3.63) is 28.8 Å². The van der Waals surface area contributed by atoms with Crippen molar-refractivity contribution in [3.8, 4) is 5.75 Å². The number of hydrogen-bond donors (Lipinski definition) is 1. The van der Waals surface area contributed by atoms with Crippen molar-refractivity contribution in [2.75, 3.05) is 13.0 Å². The van der Waals surface area contributed by atoms with Crippen molar-refractivity contribution in [1.29, 1.82) is 0 Å². The minimum absolute atomic E-state index is 0.0207. The first-order chi connectivity index (χ1) is 8.17. The van der Waals surface area contributed by atoms with Crippen LogP contribution in [-0.4, -0.2) is 18.9 Å². The number of methoxy groups -OCH3 is 1. The molecule has 0 bridgehead atoms. The lowest BCUT2D eigenvalue weighted by atomic mass is 10.2. The molecule has 1 rings (SSSR count). The molecule has 0 aliphatic carbocycles. The number of nitrogens with one attached hydrogen (secondary N) is 1. The fraction of sp³-hybridized carbons (Fsp3) is 0.417. The number of benzene rings is 1. The Morgan fingerprint density at radius 2 is 2.24 bits per heavy atom. The molecule has 0 heterocycles. The molecule has 3 nitrogen and oxygen atoms in total. The van der Waals surface area contributed by atoms with Crippen molar-refractivity contribution >= 4 is 29.1 Å². The van der Waals surface area contributed by atoms with Gasteiger partial charge in [0.1, 0.15) is 5.75 Å². The van der Waals surface area contributed by atoms with Crippen LogP contribution in [0.5, 0.6) is 5.75 Å². The lowest BCUT2D eigenvalue weighted by Crippen LogP contribution is -2.22. The Hall–Kier alpha value is -0.930. The highest BCUT2D eigenvalue weighted by atomic mass is 35.5. The lowest BCUT2D eigenvalue weighted by Gasteiger charge is -2.10. The summed E-state index contributed by atoms with van der Waals surface area (Å²) in [5.74, 6) is 1.19. The summed E-state index contributed by atoms with van der Waals surface area (Å²) < 4.78 is 5.18. The molecule has 1 aromatic rings. The minimum atomic E-state index is -0.0207. The van der Waals surface area contributed by atoms with E-state index >= 15 is 0 Å². The van der Waals surface area contributed by atoms with Crippen LogP contribution in [0.4, 0.5) is 0 Å². The summed E-state index contributed by atoms with van der Waals surface area (Å²) in [7, 11) is 1.59. The first-order valence-corrected chi connectivity index (χ1v) is 6.23. The summed E-state index contributed by atoms with van der Waals surface area (Å²) in [6, 6.07) is 5.31. The minimum Gasteiger partial charge on any atom is -0.496 e. The summed E-state index contributed by atoms with van der Waals surface area (Å²) >= 11 is 11.4. The monoisotopic (exact) mass is 275 g/mol. The predicted molar refractivity (Wildman–Crippen MR) is 69.8 cm³/mol. The largest absolute Gasteiger partial charge is 0.496 e. The van der Waals surface area contributed by atoms with E-state index in [1.54, 1.807) is 25.3 Å². The topological polar surface area (TPSA) is 38.3 Å². The zero-order valence-corrected chi connectivity index (χ0v) is 11.1. The highest BCUT2D eigenvalue weighted by Crippen LogP contribution is 2.22. The van der Waals surface area contributed by atoms with Gasteiger partial charge in [-0.05, 0) is 24.6 Å². The fourth-order valence-electron chi connectivity index (χ4n) is 1.39. The molecule has 1 amide bonds. The highest BCUT2D eigenvalue weighted by molar-refractivity contribution is 6.30. The maximum atomic E-state index is 11.4. The van der Waals surface area contributed by atoms with Gasteiger partial charge in [0.15, 0.2) is 0 Å². The van der Waals surface area contributed by atoms with E-state index in [2.05, 4.69) is 5.32 Å². The van der Waals surface area contributed by atoms with Crippen molar-refractivity contribution in [1.82, 2.24) is 5.32 Å². The van der Waals surface area contributed by atoms with Crippen molar-refractivity contribution in [2.24, 2.45) is 0 Å². The molecule has 1 N–H and O–H groups in total. The Kier molecular flexibility index (Phi) is 6.16. The van der Waals surface area contributed by atoms with Crippen LogP contribution in [0.3, 0.4) is 0 Å². The molecule has 0 saturated heterocycles. The van der Waals surface area contributed by atoms with E-state index in [0.717, 1.165) is 5.56 Å². The van der Waals surface area contributed by atoms with Gasteiger partial charge in [0.05, 0.1) is 7.11 Å². The molecule has 0 aliphatic rings. The summed E-state index contributed by atoms with van der Waals surface area (Å²) in [6.45, 7) is 0.408. The van der Waals surface area contributed by atoms with Crippen molar-refractivity contribution in [3.63, 3.8) is 0 Å². The molecule has 0 fully saturated rings. The van der Waals surface area contributed by atoms with Crippen molar-refractivity contribution < 1.29 is 9.53 Å². The lowest BCUT2D eigenvalue weighted by molar-refractivity contribution is -0.121. The average Bonchev–Trinajstić information content (AvgIpc) is 2.34. The third-order valence-corrected chi connectivity index (χ3v) is 2.76. The number of ether oxygens (including phenoxy) is 1. The van der Waals surface area contributed by atoms with Gasteiger partial charge in [0, 0.05) is 29.4 Å². The number of carbonyl (C=O) groups excluding carboxylic acids is 1. The fourth-order valence-corrected chi connectivity index (χ4v) is 1.72. The van der Waals surface area contributed by atoms with Gasteiger partial charge in [-0.1, -0.05) is 11.6 Å². The van der Waals surface area contributed by atoms with Crippen LogP contribution in [0.25, 0.3) is 0 Å². The highest BCUT2D eigenvalue weighted by Gasteiger charge is 2.06. The third-order valence-electron chi connectivity index (χ3n) is 2.26. The van der Waals surface area contributed by atoms with E-state index in [1.165, 1.54) is 0 Å². The van der Waals surface area contributed by atoms with Gasteiger partial charge >= 0.3 is 0 Å². The Balaban J connectivity index is 2.56. The molecule has 0 atom stereocenters. The first kappa shape index (κ1) is 14.1. The maximum Gasteiger partial charge on any atom is 0.220 e. The third kappa shape index (κ3) is 4.84. The Labute approximate surface area is 111 Å². The number of rotatable bonds is 6. The van der Waals surface area contributed by atoms with Gasteiger partial charge in [0.2, 0.25) is 5.91 Å². The number of amides is 1. The Morgan fingerprint density at radius 1 is 1.47 bits per heavy atom. The average molecular weight is 276 g/mol. The molecule has 0 radical (unpaired) electrons. The molecule has 0 spiro atoms. The Morgan fingerprint density at radius 3 is 2.88 bits per heavy atom. The van der Waals surface area contributed by atoms with E-state index in [-0.39, 0.29) is 5.91 Å².